The van der Waals surface area contributed by atoms with Crippen molar-refractivity contribution in [2.45, 2.75) is 56.7 Å². The van der Waals surface area contributed by atoms with E-state index in [0.717, 1.165) is 32.5 Å². The molecule has 0 radical (unpaired) electrons. The van der Waals surface area contributed by atoms with Crippen molar-refractivity contribution in [3.05, 3.63) is 0 Å². The minimum Gasteiger partial charge on any atom is -0.394 e. The SMILES string of the molecule is CCN(CC1CCCO1)C1CCC(CO)(NC)C1. The van der Waals surface area contributed by atoms with Crippen molar-refractivity contribution in [3.63, 3.8) is 0 Å². The summed E-state index contributed by atoms with van der Waals surface area (Å²) in [5, 5.41) is 12.9. The van der Waals surface area contributed by atoms with Gasteiger partial charge in [-0.2, -0.15) is 0 Å². The summed E-state index contributed by atoms with van der Waals surface area (Å²) in [6.45, 7) is 5.55. The molecule has 2 aliphatic rings. The Balaban J connectivity index is 1.88. The molecule has 0 aromatic heterocycles. The van der Waals surface area contributed by atoms with Gasteiger partial charge in [-0.05, 0) is 45.7 Å². The third kappa shape index (κ3) is 3.05. The Morgan fingerprint density at radius 3 is 2.78 bits per heavy atom. The van der Waals surface area contributed by atoms with E-state index < -0.39 is 0 Å². The molecule has 1 aliphatic carbocycles. The number of likely N-dealkylation sites (N-methyl/N-ethyl adjacent to an activating group) is 2. The molecule has 0 aromatic rings. The van der Waals surface area contributed by atoms with E-state index in [1.165, 1.54) is 19.3 Å². The molecule has 0 aromatic carbocycles. The highest BCUT2D eigenvalue weighted by Crippen LogP contribution is 2.33. The van der Waals surface area contributed by atoms with Gasteiger partial charge in [0, 0.05) is 24.7 Å². The second kappa shape index (κ2) is 6.33. The van der Waals surface area contributed by atoms with Crippen LogP contribution in [-0.2, 0) is 4.74 Å². The minimum absolute atomic E-state index is 0.0470. The topological polar surface area (TPSA) is 44.7 Å². The highest BCUT2D eigenvalue weighted by atomic mass is 16.5. The van der Waals surface area contributed by atoms with Gasteiger partial charge in [0.15, 0.2) is 0 Å². The number of nitrogens with one attached hydrogen (secondary N) is 1. The molecule has 1 saturated carbocycles. The molecule has 2 fully saturated rings. The van der Waals surface area contributed by atoms with E-state index in [0.29, 0.717) is 12.1 Å². The molecule has 4 nitrogen and oxygen atoms in total. The number of nitrogens with zero attached hydrogens (tertiary/aromatic N) is 1. The molecule has 4 heteroatoms. The highest BCUT2D eigenvalue weighted by Gasteiger charge is 2.39. The first-order valence-corrected chi connectivity index (χ1v) is 7.38. The molecule has 1 aliphatic heterocycles. The maximum Gasteiger partial charge on any atom is 0.0702 e. The van der Waals surface area contributed by atoms with Gasteiger partial charge in [-0.3, -0.25) is 4.90 Å². The Morgan fingerprint density at radius 1 is 1.44 bits per heavy atom. The summed E-state index contributed by atoms with van der Waals surface area (Å²) >= 11 is 0. The summed E-state index contributed by atoms with van der Waals surface area (Å²) in [6, 6.07) is 0.596. The lowest BCUT2D eigenvalue weighted by Crippen LogP contribution is -2.47. The zero-order valence-electron chi connectivity index (χ0n) is 11.8. The van der Waals surface area contributed by atoms with Gasteiger partial charge in [-0.1, -0.05) is 6.92 Å². The molecular formula is C14H28N2O2. The molecule has 2 rings (SSSR count). The molecule has 106 valence electrons. The average Bonchev–Trinajstić information content (AvgIpc) is 3.06. The van der Waals surface area contributed by atoms with Gasteiger partial charge in [-0.15, -0.1) is 0 Å². The van der Waals surface area contributed by atoms with E-state index in [2.05, 4.69) is 17.1 Å². The van der Waals surface area contributed by atoms with Crippen LogP contribution in [-0.4, -0.2) is 61.0 Å². The normalized spacial score (nSPS) is 36.7. The van der Waals surface area contributed by atoms with Crippen molar-refractivity contribution in [1.29, 1.82) is 0 Å². The fourth-order valence-electron chi connectivity index (χ4n) is 3.45. The quantitative estimate of drug-likeness (QED) is 0.744. The smallest absolute Gasteiger partial charge is 0.0702 e. The fraction of sp³-hybridized carbons (Fsp3) is 1.00. The fourth-order valence-corrected chi connectivity index (χ4v) is 3.45. The zero-order chi connectivity index (χ0) is 13.0. The standard InChI is InChI=1S/C14H28N2O2/c1-3-16(10-13-5-4-8-18-13)12-6-7-14(9-12,11-17)15-2/h12-13,15,17H,3-11H2,1-2H3. The first kappa shape index (κ1) is 14.3. The van der Waals surface area contributed by atoms with Crippen LogP contribution in [0.2, 0.25) is 0 Å². The first-order chi connectivity index (χ1) is 8.73. The monoisotopic (exact) mass is 256 g/mol. The van der Waals surface area contributed by atoms with Crippen LogP contribution < -0.4 is 5.32 Å². The lowest BCUT2D eigenvalue weighted by molar-refractivity contribution is 0.0570. The second-order valence-electron chi connectivity index (χ2n) is 5.81. The van der Waals surface area contributed by atoms with Crippen LogP contribution in [0.15, 0.2) is 0 Å². The predicted molar refractivity (Wildman–Crippen MR) is 72.7 cm³/mol. The largest absolute Gasteiger partial charge is 0.394 e. The van der Waals surface area contributed by atoms with Crippen LogP contribution in [0.1, 0.15) is 39.0 Å². The zero-order valence-corrected chi connectivity index (χ0v) is 11.8. The van der Waals surface area contributed by atoms with Gasteiger partial charge in [0.1, 0.15) is 0 Å². The summed E-state index contributed by atoms with van der Waals surface area (Å²) in [4.78, 5) is 2.55. The summed E-state index contributed by atoms with van der Waals surface area (Å²) in [7, 11) is 1.97. The summed E-state index contributed by atoms with van der Waals surface area (Å²) in [6.07, 6.45) is 6.17. The van der Waals surface area contributed by atoms with Crippen LogP contribution in [0, 0.1) is 0 Å². The molecule has 3 atom stereocenters. The van der Waals surface area contributed by atoms with Crippen molar-refractivity contribution < 1.29 is 9.84 Å². The molecule has 1 heterocycles. The number of ether oxygens (including phenoxy) is 1. The number of aliphatic hydroxyl groups excluding tert-OH is 1. The van der Waals surface area contributed by atoms with Gasteiger partial charge in [0.05, 0.1) is 12.7 Å². The maximum atomic E-state index is 9.57. The van der Waals surface area contributed by atoms with Crippen molar-refractivity contribution in [2.75, 3.05) is 33.4 Å². The van der Waals surface area contributed by atoms with Gasteiger partial charge < -0.3 is 15.2 Å². The van der Waals surface area contributed by atoms with E-state index in [-0.39, 0.29) is 12.1 Å². The van der Waals surface area contributed by atoms with Crippen molar-refractivity contribution in [2.24, 2.45) is 0 Å². The van der Waals surface area contributed by atoms with Crippen LogP contribution in [0.3, 0.4) is 0 Å². The van der Waals surface area contributed by atoms with E-state index in [1.807, 2.05) is 7.05 Å². The van der Waals surface area contributed by atoms with E-state index in [1.54, 1.807) is 0 Å². The minimum atomic E-state index is -0.0470. The van der Waals surface area contributed by atoms with Crippen LogP contribution in [0.4, 0.5) is 0 Å². The average molecular weight is 256 g/mol. The second-order valence-corrected chi connectivity index (χ2v) is 5.81. The van der Waals surface area contributed by atoms with Crippen molar-refractivity contribution >= 4 is 0 Å². The van der Waals surface area contributed by atoms with Crippen LogP contribution in [0.25, 0.3) is 0 Å². The van der Waals surface area contributed by atoms with Gasteiger partial charge in [0.2, 0.25) is 0 Å². The lowest BCUT2D eigenvalue weighted by atomic mass is 9.99. The molecule has 0 bridgehead atoms. The Kier molecular flexibility index (Phi) is 5.01. The van der Waals surface area contributed by atoms with Gasteiger partial charge in [-0.25, -0.2) is 0 Å². The molecule has 1 saturated heterocycles. The number of hydrogen-bond donors (Lipinski definition) is 2. The summed E-state index contributed by atoms with van der Waals surface area (Å²) in [5.74, 6) is 0. The van der Waals surface area contributed by atoms with Crippen molar-refractivity contribution in [3.8, 4) is 0 Å². The van der Waals surface area contributed by atoms with Gasteiger partial charge >= 0.3 is 0 Å². The predicted octanol–water partition coefficient (Wildman–Crippen LogP) is 0.990. The first-order valence-electron chi connectivity index (χ1n) is 7.38. The molecule has 2 N–H and O–H groups in total. The lowest BCUT2D eigenvalue weighted by Gasteiger charge is -2.32. The van der Waals surface area contributed by atoms with E-state index >= 15 is 0 Å². The van der Waals surface area contributed by atoms with Crippen molar-refractivity contribution in [1.82, 2.24) is 10.2 Å². The van der Waals surface area contributed by atoms with Crippen LogP contribution >= 0.6 is 0 Å². The van der Waals surface area contributed by atoms with Gasteiger partial charge in [0.25, 0.3) is 0 Å². The number of aliphatic hydroxyl groups is 1. The highest BCUT2D eigenvalue weighted by molar-refractivity contribution is 4.98. The Labute approximate surface area is 111 Å². The number of rotatable bonds is 6. The van der Waals surface area contributed by atoms with E-state index in [9.17, 15) is 5.11 Å². The summed E-state index contributed by atoms with van der Waals surface area (Å²) < 4.78 is 5.74. The molecule has 0 amide bonds. The molecule has 0 spiro atoms. The third-order valence-corrected chi connectivity index (χ3v) is 4.80. The van der Waals surface area contributed by atoms with E-state index in [4.69, 9.17) is 4.74 Å². The Bertz CT molecular complexity index is 250. The Hall–Kier alpha value is -0.160. The molecule has 18 heavy (non-hydrogen) atoms. The molecule has 3 unspecified atom stereocenters. The maximum absolute atomic E-state index is 9.57. The van der Waals surface area contributed by atoms with Crippen LogP contribution in [0.5, 0.6) is 0 Å². The molecular weight excluding hydrogens is 228 g/mol. The third-order valence-electron chi connectivity index (χ3n) is 4.80. The number of hydrogen-bond acceptors (Lipinski definition) is 4. The summed E-state index contributed by atoms with van der Waals surface area (Å²) in [5.41, 5.74) is -0.0470. The Morgan fingerprint density at radius 2 is 2.28 bits per heavy atom.